The van der Waals surface area contributed by atoms with Crippen molar-refractivity contribution in [3.63, 3.8) is 0 Å². The minimum Gasteiger partial charge on any atom is -0.406 e. The maximum Gasteiger partial charge on any atom is 0.421 e. The molecule has 3 aromatic heterocycles. The molecule has 0 fully saturated rings. The van der Waals surface area contributed by atoms with Crippen LogP contribution in [-0.4, -0.2) is 16.1 Å². The summed E-state index contributed by atoms with van der Waals surface area (Å²) in [6, 6.07) is 7.61. The summed E-state index contributed by atoms with van der Waals surface area (Å²) in [5, 5.41) is 5.35. The Morgan fingerprint density at radius 2 is 2.32 bits per heavy atom. The summed E-state index contributed by atoms with van der Waals surface area (Å²) in [5.74, 6) is -0.355. The molecule has 0 unspecified atom stereocenters. The zero-order valence-corrected chi connectivity index (χ0v) is 11.0. The lowest BCUT2D eigenvalue weighted by Crippen LogP contribution is -2.24. The topological polar surface area (TPSA) is 60.1 Å². The molecule has 0 aliphatic carbocycles. The first kappa shape index (κ1) is 12.1. The normalized spacial score (nSPS) is 11.2. The van der Waals surface area contributed by atoms with Crippen LogP contribution in [0.2, 0.25) is 0 Å². The molecule has 0 radical (unpaired) electrons. The highest BCUT2D eigenvalue weighted by Gasteiger charge is 2.08. The van der Waals surface area contributed by atoms with Crippen LogP contribution in [-0.2, 0) is 13.1 Å². The van der Waals surface area contributed by atoms with Crippen LogP contribution in [0.25, 0.3) is 11.2 Å². The first-order valence-corrected chi connectivity index (χ1v) is 6.90. The smallest absolute Gasteiger partial charge is 0.406 e. The van der Waals surface area contributed by atoms with E-state index in [9.17, 15) is 4.79 Å². The molecule has 0 amide bonds. The minimum atomic E-state index is -0.355. The van der Waals surface area contributed by atoms with Gasteiger partial charge in [0.1, 0.15) is 0 Å². The molecule has 98 valence electrons. The molecule has 0 saturated carbocycles. The van der Waals surface area contributed by atoms with Gasteiger partial charge in [0.25, 0.3) is 0 Å². The molecule has 0 atom stereocenters. The molecule has 3 rings (SSSR count). The molecule has 0 aromatic carbocycles. The second-order valence-corrected chi connectivity index (χ2v) is 5.13. The summed E-state index contributed by atoms with van der Waals surface area (Å²) in [6.07, 6.45) is 1.66. The highest BCUT2D eigenvalue weighted by atomic mass is 32.1. The van der Waals surface area contributed by atoms with Gasteiger partial charge >= 0.3 is 5.76 Å². The van der Waals surface area contributed by atoms with Gasteiger partial charge in [-0.3, -0.25) is 4.57 Å². The Kier molecular flexibility index (Phi) is 3.43. The number of hydrogen-bond acceptors (Lipinski definition) is 5. The van der Waals surface area contributed by atoms with E-state index in [0.717, 1.165) is 6.54 Å². The number of fused-ring (bicyclic) bond motifs is 1. The molecule has 0 saturated heterocycles. The van der Waals surface area contributed by atoms with Crippen LogP contribution in [0.3, 0.4) is 0 Å². The first-order chi connectivity index (χ1) is 9.34. The van der Waals surface area contributed by atoms with E-state index in [1.54, 1.807) is 34.2 Å². The lowest BCUT2D eigenvalue weighted by molar-refractivity contribution is 0.494. The van der Waals surface area contributed by atoms with Crippen molar-refractivity contribution in [1.82, 2.24) is 14.9 Å². The molecule has 0 aliphatic rings. The Morgan fingerprint density at radius 1 is 1.37 bits per heavy atom. The van der Waals surface area contributed by atoms with Gasteiger partial charge in [0.15, 0.2) is 11.2 Å². The number of aromatic nitrogens is 2. The van der Waals surface area contributed by atoms with Gasteiger partial charge in [-0.15, -0.1) is 11.3 Å². The van der Waals surface area contributed by atoms with Crippen LogP contribution >= 0.6 is 11.3 Å². The van der Waals surface area contributed by atoms with E-state index >= 15 is 0 Å². The third kappa shape index (κ3) is 2.59. The van der Waals surface area contributed by atoms with E-state index in [1.807, 2.05) is 6.07 Å². The van der Waals surface area contributed by atoms with E-state index in [4.69, 9.17) is 4.42 Å². The molecule has 3 heterocycles. The summed E-state index contributed by atoms with van der Waals surface area (Å²) < 4.78 is 6.67. The summed E-state index contributed by atoms with van der Waals surface area (Å²) in [7, 11) is 0. The molecule has 1 N–H and O–H groups in total. The SMILES string of the molecule is O=c1oc2cccnc2n1CCNCc1cccs1. The second kappa shape index (κ2) is 5.38. The van der Waals surface area contributed by atoms with Crippen molar-refractivity contribution < 1.29 is 4.42 Å². The standard InChI is InChI=1S/C13H13N3O2S/c17-13-16(12-11(18-13)4-1-5-15-12)7-6-14-9-10-3-2-8-19-10/h1-5,8,14H,6-7,9H2. The molecule has 3 aromatic rings. The average Bonchev–Trinajstić information content (AvgIpc) is 3.02. The highest BCUT2D eigenvalue weighted by Crippen LogP contribution is 2.09. The lowest BCUT2D eigenvalue weighted by Gasteiger charge is -2.03. The Morgan fingerprint density at radius 3 is 3.16 bits per heavy atom. The summed E-state index contributed by atoms with van der Waals surface area (Å²) >= 11 is 1.71. The highest BCUT2D eigenvalue weighted by molar-refractivity contribution is 7.09. The number of nitrogens with one attached hydrogen (secondary N) is 1. The Bertz CT molecular complexity index is 715. The average molecular weight is 275 g/mol. The quantitative estimate of drug-likeness (QED) is 0.722. The molecule has 0 spiro atoms. The van der Waals surface area contributed by atoms with Gasteiger partial charge in [-0.2, -0.15) is 0 Å². The predicted octanol–water partition coefficient (Wildman–Crippen LogP) is 1.84. The molecule has 6 heteroatoms. The van der Waals surface area contributed by atoms with Crippen molar-refractivity contribution in [2.24, 2.45) is 0 Å². The fourth-order valence-electron chi connectivity index (χ4n) is 1.91. The van der Waals surface area contributed by atoms with Gasteiger partial charge < -0.3 is 9.73 Å². The van der Waals surface area contributed by atoms with Crippen LogP contribution in [0.1, 0.15) is 4.88 Å². The lowest BCUT2D eigenvalue weighted by atomic mass is 10.4. The van der Waals surface area contributed by atoms with E-state index in [1.165, 1.54) is 4.88 Å². The van der Waals surface area contributed by atoms with Crippen LogP contribution in [0.4, 0.5) is 0 Å². The van der Waals surface area contributed by atoms with Crippen LogP contribution in [0, 0.1) is 0 Å². The number of hydrogen-bond donors (Lipinski definition) is 1. The number of pyridine rings is 1. The molecule has 0 aliphatic heterocycles. The van der Waals surface area contributed by atoms with Gasteiger partial charge in [-0.05, 0) is 23.6 Å². The van der Waals surface area contributed by atoms with Crippen molar-refractivity contribution >= 4 is 22.6 Å². The predicted molar refractivity (Wildman–Crippen MR) is 74.3 cm³/mol. The maximum atomic E-state index is 11.7. The minimum absolute atomic E-state index is 0.355. The van der Waals surface area contributed by atoms with E-state index in [-0.39, 0.29) is 5.76 Å². The Labute approximate surface area is 113 Å². The molecular formula is C13H13N3O2S. The largest absolute Gasteiger partial charge is 0.421 e. The Hall–Kier alpha value is -1.92. The summed E-state index contributed by atoms with van der Waals surface area (Å²) in [5.41, 5.74) is 1.14. The van der Waals surface area contributed by atoms with Gasteiger partial charge in [0, 0.05) is 30.7 Å². The number of nitrogens with zero attached hydrogens (tertiary/aromatic N) is 2. The van der Waals surface area contributed by atoms with Crippen molar-refractivity contribution in [3.8, 4) is 0 Å². The molecule has 0 bridgehead atoms. The molecule has 5 nitrogen and oxygen atoms in total. The third-order valence-electron chi connectivity index (χ3n) is 2.82. The van der Waals surface area contributed by atoms with E-state index in [2.05, 4.69) is 21.7 Å². The van der Waals surface area contributed by atoms with Crippen molar-refractivity contribution in [2.75, 3.05) is 6.54 Å². The van der Waals surface area contributed by atoms with Gasteiger partial charge in [-0.1, -0.05) is 6.07 Å². The number of thiophene rings is 1. The first-order valence-electron chi connectivity index (χ1n) is 6.02. The molecule has 19 heavy (non-hydrogen) atoms. The molecular weight excluding hydrogens is 262 g/mol. The van der Waals surface area contributed by atoms with Crippen molar-refractivity contribution in [2.45, 2.75) is 13.1 Å². The third-order valence-corrected chi connectivity index (χ3v) is 3.69. The fourth-order valence-corrected chi connectivity index (χ4v) is 2.59. The van der Waals surface area contributed by atoms with Gasteiger partial charge in [-0.25, -0.2) is 9.78 Å². The van der Waals surface area contributed by atoms with Crippen molar-refractivity contribution in [3.05, 3.63) is 51.3 Å². The second-order valence-electron chi connectivity index (χ2n) is 4.10. The number of oxazole rings is 1. The van der Waals surface area contributed by atoms with Gasteiger partial charge in [0.05, 0.1) is 0 Å². The zero-order chi connectivity index (χ0) is 13.1. The fraction of sp³-hybridized carbons (Fsp3) is 0.231. The van der Waals surface area contributed by atoms with Crippen LogP contribution < -0.4 is 11.1 Å². The van der Waals surface area contributed by atoms with Crippen molar-refractivity contribution in [1.29, 1.82) is 0 Å². The van der Waals surface area contributed by atoms with E-state index in [0.29, 0.717) is 24.3 Å². The Balaban J connectivity index is 1.65. The summed E-state index contributed by atoms with van der Waals surface area (Å²) in [6.45, 7) is 2.06. The maximum absolute atomic E-state index is 11.7. The summed E-state index contributed by atoms with van der Waals surface area (Å²) in [4.78, 5) is 17.1. The van der Waals surface area contributed by atoms with Crippen LogP contribution in [0.5, 0.6) is 0 Å². The van der Waals surface area contributed by atoms with E-state index < -0.39 is 0 Å². The zero-order valence-electron chi connectivity index (χ0n) is 10.2. The number of rotatable bonds is 5. The van der Waals surface area contributed by atoms with Gasteiger partial charge in [0.2, 0.25) is 0 Å². The monoisotopic (exact) mass is 275 g/mol. The van der Waals surface area contributed by atoms with Crippen LogP contribution in [0.15, 0.2) is 45.1 Å².